The summed E-state index contributed by atoms with van der Waals surface area (Å²) in [7, 11) is -2.16. The summed E-state index contributed by atoms with van der Waals surface area (Å²) in [6.07, 6.45) is 2.65. The smallest absolute Gasteiger partial charge is 0.336 e. The van der Waals surface area contributed by atoms with Gasteiger partial charge in [-0.2, -0.15) is 4.31 Å². The van der Waals surface area contributed by atoms with Gasteiger partial charge < -0.3 is 14.3 Å². The van der Waals surface area contributed by atoms with Crippen molar-refractivity contribution < 1.29 is 27.5 Å². The molecule has 9 heteroatoms. The van der Waals surface area contributed by atoms with Crippen molar-refractivity contribution in [1.82, 2.24) is 9.29 Å². The van der Waals surface area contributed by atoms with Gasteiger partial charge in [-0.1, -0.05) is 18.6 Å². The van der Waals surface area contributed by atoms with Crippen LogP contribution in [-0.2, 0) is 10.0 Å². The van der Waals surface area contributed by atoms with Crippen LogP contribution in [0.2, 0.25) is 0 Å². The van der Waals surface area contributed by atoms with E-state index in [0.717, 1.165) is 24.6 Å². The van der Waals surface area contributed by atoms with Crippen molar-refractivity contribution in [3.8, 4) is 17.2 Å². The number of furan rings is 1. The lowest BCUT2D eigenvalue weighted by Gasteiger charge is -2.26. The fourth-order valence-electron chi connectivity index (χ4n) is 4.25. The fraction of sp³-hybridized carbons (Fsp3) is 0.250. The summed E-state index contributed by atoms with van der Waals surface area (Å²) in [5.41, 5.74) is 1.20. The summed E-state index contributed by atoms with van der Waals surface area (Å²) in [6.45, 7) is 0.942. The first-order valence-electron chi connectivity index (χ1n) is 10.6. The molecule has 1 fully saturated rings. The molecule has 0 bridgehead atoms. The molecule has 1 saturated heterocycles. The number of carbonyl (C=O) groups is 1. The topological polar surface area (TPSA) is 110 Å². The van der Waals surface area contributed by atoms with Gasteiger partial charge in [0.25, 0.3) is 0 Å². The lowest BCUT2D eigenvalue weighted by molar-refractivity contribution is 0.0699. The maximum Gasteiger partial charge on any atom is 0.336 e. The maximum atomic E-state index is 13.1. The van der Waals surface area contributed by atoms with Crippen molar-refractivity contribution in [1.29, 1.82) is 0 Å². The van der Waals surface area contributed by atoms with E-state index in [1.165, 1.54) is 22.5 Å². The van der Waals surface area contributed by atoms with Gasteiger partial charge >= 0.3 is 5.97 Å². The molecule has 0 aliphatic carbocycles. The fourth-order valence-corrected chi connectivity index (χ4v) is 5.79. The van der Waals surface area contributed by atoms with E-state index in [1.807, 2.05) is 12.1 Å². The Kier molecular flexibility index (Phi) is 5.30. The number of pyridine rings is 1. The highest BCUT2D eigenvalue weighted by Gasteiger charge is 2.27. The lowest BCUT2D eigenvalue weighted by Crippen LogP contribution is -2.35. The largest absolute Gasteiger partial charge is 0.493 e. The first-order chi connectivity index (χ1) is 15.9. The second kappa shape index (κ2) is 8.17. The molecular weight excluding hydrogens is 444 g/mol. The zero-order valence-corrected chi connectivity index (χ0v) is 18.8. The molecule has 0 amide bonds. The van der Waals surface area contributed by atoms with Crippen LogP contribution in [-0.4, -0.2) is 49.0 Å². The Morgan fingerprint density at radius 1 is 1.09 bits per heavy atom. The number of fused-ring (bicyclic) bond motifs is 2. The number of ether oxygens (including phenoxy) is 1. The van der Waals surface area contributed by atoms with Crippen molar-refractivity contribution in [2.24, 2.45) is 0 Å². The number of aromatic nitrogens is 1. The van der Waals surface area contributed by atoms with E-state index in [4.69, 9.17) is 9.15 Å². The van der Waals surface area contributed by atoms with Gasteiger partial charge in [0.2, 0.25) is 10.0 Å². The van der Waals surface area contributed by atoms with E-state index in [9.17, 15) is 18.3 Å². The van der Waals surface area contributed by atoms with E-state index in [0.29, 0.717) is 41.4 Å². The van der Waals surface area contributed by atoms with Crippen LogP contribution in [0.4, 0.5) is 0 Å². The molecule has 4 aromatic rings. The molecule has 2 aromatic heterocycles. The predicted octanol–water partition coefficient (Wildman–Crippen LogP) is 4.53. The average molecular weight is 467 g/mol. The summed E-state index contributed by atoms with van der Waals surface area (Å²) in [6, 6.07) is 13.1. The third-order valence-corrected chi connectivity index (χ3v) is 7.84. The van der Waals surface area contributed by atoms with Gasteiger partial charge in [0.15, 0.2) is 17.1 Å². The molecule has 2 aromatic carbocycles. The monoisotopic (exact) mass is 466 g/mol. The zero-order valence-electron chi connectivity index (χ0n) is 17.9. The van der Waals surface area contributed by atoms with Gasteiger partial charge in [-0.3, -0.25) is 0 Å². The van der Waals surface area contributed by atoms with Crippen molar-refractivity contribution in [3.63, 3.8) is 0 Å². The molecule has 1 aliphatic rings. The lowest BCUT2D eigenvalue weighted by atomic mass is 10.1. The van der Waals surface area contributed by atoms with Crippen LogP contribution in [0.1, 0.15) is 29.6 Å². The third kappa shape index (κ3) is 3.73. The molecule has 3 heterocycles. The first-order valence-corrected chi connectivity index (χ1v) is 12.1. The van der Waals surface area contributed by atoms with E-state index >= 15 is 0 Å². The van der Waals surface area contributed by atoms with Crippen LogP contribution in [0.25, 0.3) is 33.3 Å². The molecule has 0 atom stereocenters. The second-order valence-electron chi connectivity index (χ2n) is 7.99. The maximum absolute atomic E-state index is 13.1. The quantitative estimate of drug-likeness (QED) is 0.460. The minimum absolute atomic E-state index is 0.0434. The molecule has 0 unspecified atom stereocenters. The molecule has 5 rings (SSSR count). The number of piperidine rings is 1. The Morgan fingerprint density at radius 3 is 2.61 bits per heavy atom. The van der Waals surface area contributed by atoms with E-state index in [1.54, 1.807) is 25.3 Å². The number of hydrogen-bond acceptors (Lipinski definition) is 6. The predicted molar refractivity (Wildman–Crippen MR) is 123 cm³/mol. The number of methoxy groups -OCH3 is 1. The second-order valence-corrected chi connectivity index (χ2v) is 9.93. The van der Waals surface area contributed by atoms with E-state index in [-0.39, 0.29) is 15.8 Å². The third-order valence-electron chi connectivity index (χ3n) is 5.94. The minimum Gasteiger partial charge on any atom is -0.493 e. The summed E-state index contributed by atoms with van der Waals surface area (Å²) < 4.78 is 38.9. The van der Waals surface area contributed by atoms with Gasteiger partial charge in [0, 0.05) is 23.9 Å². The summed E-state index contributed by atoms with van der Waals surface area (Å²) in [4.78, 5) is 16.7. The minimum atomic E-state index is -3.70. The molecule has 0 spiro atoms. The molecular formula is C24H22N2O6S. The number of benzene rings is 2. The standard InChI is InChI=1S/C24H22N2O6S/c1-31-21-7-5-6-15-12-22(32-23(15)21)20-14-18(24(27)28)17-13-16(8-9-19(17)25-20)33(29,30)26-10-3-2-4-11-26/h5-9,12-14H,2-4,10-11H2,1H3,(H,27,28). The van der Waals surface area contributed by atoms with Crippen molar-refractivity contribution >= 4 is 37.9 Å². The van der Waals surface area contributed by atoms with Crippen LogP contribution in [0.3, 0.4) is 0 Å². The van der Waals surface area contributed by atoms with Crippen LogP contribution in [0.15, 0.2) is 57.8 Å². The highest BCUT2D eigenvalue weighted by molar-refractivity contribution is 7.89. The van der Waals surface area contributed by atoms with Gasteiger partial charge in [0.05, 0.1) is 23.1 Å². The van der Waals surface area contributed by atoms with Crippen LogP contribution < -0.4 is 4.74 Å². The van der Waals surface area contributed by atoms with Gasteiger partial charge in [0.1, 0.15) is 5.69 Å². The van der Waals surface area contributed by atoms with Crippen molar-refractivity contribution in [3.05, 3.63) is 54.1 Å². The molecule has 1 aliphatic heterocycles. The number of rotatable bonds is 5. The number of sulfonamides is 1. The number of hydrogen-bond donors (Lipinski definition) is 1. The van der Waals surface area contributed by atoms with E-state index < -0.39 is 16.0 Å². The summed E-state index contributed by atoms with van der Waals surface area (Å²) in [5, 5.41) is 10.9. The first kappa shape index (κ1) is 21.4. The number of carboxylic acid groups (broad SMARTS) is 1. The molecule has 8 nitrogen and oxygen atoms in total. The number of carboxylic acids is 1. The number of para-hydroxylation sites is 1. The SMILES string of the molecule is COc1cccc2cc(-c3cc(C(=O)O)c4cc(S(=O)(=O)N5CCCCC5)ccc4n3)oc12. The normalized spacial score (nSPS) is 15.2. The molecule has 0 radical (unpaired) electrons. The molecule has 0 saturated carbocycles. The highest BCUT2D eigenvalue weighted by atomic mass is 32.2. The molecule has 170 valence electrons. The molecule has 1 N–H and O–H groups in total. The van der Waals surface area contributed by atoms with Crippen LogP contribution in [0.5, 0.6) is 5.75 Å². The van der Waals surface area contributed by atoms with E-state index in [2.05, 4.69) is 4.98 Å². The van der Waals surface area contributed by atoms with Gasteiger partial charge in [-0.15, -0.1) is 0 Å². The number of aromatic carboxylic acids is 1. The Morgan fingerprint density at radius 2 is 1.88 bits per heavy atom. The summed E-state index contributed by atoms with van der Waals surface area (Å²) in [5.74, 6) is -0.223. The van der Waals surface area contributed by atoms with Gasteiger partial charge in [-0.25, -0.2) is 18.2 Å². The van der Waals surface area contributed by atoms with Gasteiger partial charge in [-0.05, 0) is 49.2 Å². The molecule has 33 heavy (non-hydrogen) atoms. The van der Waals surface area contributed by atoms with Crippen LogP contribution >= 0.6 is 0 Å². The van der Waals surface area contributed by atoms with Crippen LogP contribution in [0, 0.1) is 0 Å². The Balaban J connectivity index is 1.64. The van der Waals surface area contributed by atoms with Crippen molar-refractivity contribution in [2.45, 2.75) is 24.2 Å². The Labute approximate surface area is 190 Å². The zero-order chi connectivity index (χ0) is 23.2. The van der Waals surface area contributed by atoms with Crippen molar-refractivity contribution in [2.75, 3.05) is 20.2 Å². The summed E-state index contributed by atoms with van der Waals surface area (Å²) >= 11 is 0. The Bertz CT molecular complexity index is 1490. The Hall–Kier alpha value is -3.43. The highest BCUT2D eigenvalue weighted by Crippen LogP contribution is 2.34. The number of nitrogens with zero attached hydrogens (tertiary/aromatic N) is 2. The average Bonchev–Trinajstić information content (AvgIpc) is 3.28.